The quantitative estimate of drug-likeness (QED) is 0.365. The van der Waals surface area contributed by atoms with Gasteiger partial charge >= 0.3 is 5.82 Å². The molecule has 0 saturated heterocycles. The van der Waals surface area contributed by atoms with Crippen LogP contribution in [0.25, 0.3) is 0 Å². The van der Waals surface area contributed by atoms with Gasteiger partial charge in [0.05, 0.1) is 5.88 Å². The minimum absolute atomic E-state index is 0.0109. The maximum Gasteiger partial charge on any atom is 0.373 e. The molecule has 0 unspecified atom stereocenters. The van der Waals surface area contributed by atoms with Crippen molar-refractivity contribution in [3.05, 3.63) is 31.0 Å². The topological polar surface area (TPSA) is 56.0 Å². The highest BCUT2D eigenvalue weighted by Gasteiger charge is 2.28. The van der Waals surface area contributed by atoms with E-state index in [4.69, 9.17) is 11.6 Å². The highest BCUT2D eigenvalue weighted by atomic mass is 127. The Morgan fingerprint density at radius 1 is 1.67 bits per heavy atom. The van der Waals surface area contributed by atoms with E-state index in [9.17, 15) is 18.9 Å². The minimum atomic E-state index is -2.94. The summed E-state index contributed by atoms with van der Waals surface area (Å²) in [4.78, 5) is 12.9. The van der Waals surface area contributed by atoms with Crippen molar-refractivity contribution in [2.24, 2.45) is 0 Å². The van der Waals surface area contributed by atoms with Crippen LogP contribution in [0.5, 0.6) is 0 Å². The van der Waals surface area contributed by atoms with Gasteiger partial charge in [0, 0.05) is 9.13 Å². The number of nitrogens with zero attached hydrogens (tertiary/aromatic N) is 2. The molecule has 8 heteroatoms. The third-order valence-corrected chi connectivity index (χ3v) is 3.20. The Morgan fingerprint density at radius 3 is 2.67 bits per heavy atom. The fraction of sp³-hybridized carbons (Fsp3) is 0.286. The van der Waals surface area contributed by atoms with Crippen LogP contribution >= 0.6 is 34.2 Å². The number of pyridine rings is 1. The van der Waals surface area contributed by atoms with Crippen molar-refractivity contribution < 1.29 is 13.7 Å². The van der Waals surface area contributed by atoms with E-state index >= 15 is 0 Å². The number of rotatable bonds is 3. The van der Waals surface area contributed by atoms with Crippen molar-refractivity contribution in [1.29, 1.82) is 0 Å². The van der Waals surface area contributed by atoms with Gasteiger partial charge < -0.3 is 10.1 Å². The lowest BCUT2D eigenvalue weighted by atomic mass is 10.2. The second-order valence-electron chi connectivity index (χ2n) is 2.53. The molecular weight excluding hydrogens is 344 g/mol. The highest BCUT2D eigenvalue weighted by Crippen LogP contribution is 2.33. The molecule has 0 aliphatic carbocycles. The standard InChI is InChI=1S/C7H4ClF2IN2O2/c8-1-3-2-12-7(13(14)15)4(5(3)11)6(9)10/h2,6H,1H2. The van der Waals surface area contributed by atoms with Gasteiger partial charge in [0.2, 0.25) is 0 Å². The molecule has 82 valence electrons. The lowest BCUT2D eigenvalue weighted by Gasteiger charge is -2.06. The molecule has 0 amide bonds. The second-order valence-corrected chi connectivity index (χ2v) is 3.87. The normalized spacial score (nSPS) is 10.7. The van der Waals surface area contributed by atoms with E-state index in [1.54, 1.807) is 22.6 Å². The Hall–Kier alpha value is -0.570. The fourth-order valence-electron chi connectivity index (χ4n) is 0.968. The van der Waals surface area contributed by atoms with Gasteiger partial charge in [0.1, 0.15) is 11.8 Å². The molecule has 0 N–H and O–H groups in total. The Bertz CT molecular complexity index is 403. The predicted molar refractivity (Wildman–Crippen MR) is 58.1 cm³/mol. The van der Waals surface area contributed by atoms with Crippen molar-refractivity contribution in [1.82, 2.24) is 4.98 Å². The predicted octanol–water partition coefficient (Wildman–Crippen LogP) is 3.27. The van der Waals surface area contributed by atoms with E-state index < -0.39 is 22.7 Å². The Labute approximate surface area is 102 Å². The van der Waals surface area contributed by atoms with Gasteiger partial charge in [-0.05, 0) is 32.5 Å². The Kier molecular flexibility index (Phi) is 4.14. The van der Waals surface area contributed by atoms with Gasteiger partial charge in [0.15, 0.2) is 0 Å². The van der Waals surface area contributed by atoms with E-state index in [-0.39, 0.29) is 9.45 Å². The van der Waals surface area contributed by atoms with Crippen molar-refractivity contribution in [3.63, 3.8) is 0 Å². The first-order valence-electron chi connectivity index (χ1n) is 3.64. The van der Waals surface area contributed by atoms with Crippen molar-refractivity contribution in [2.75, 3.05) is 0 Å². The molecule has 0 spiro atoms. The summed E-state index contributed by atoms with van der Waals surface area (Å²) in [6.07, 6.45) is -1.80. The summed E-state index contributed by atoms with van der Waals surface area (Å²) in [5, 5.41) is 10.5. The average Bonchev–Trinajstić information content (AvgIpc) is 2.16. The number of hydrogen-bond acceptors (Lipinski definition) is 3. The molecule has 0 aliphatic heterocycles. The van der Waals surface area contributed by atoms with Crippen molar-refractivity contribution in [2.45, 2.75) is 12.3 Å². The summed E-state index contributed by atoms with van der Waals surface area (Å²) in [5.74, 6) is -0.827. The molecule has 0 aliphatic rings. The van der Waals surface area contributed by atoms with Crippen molar-refractivity contribution in [3.8, 4) is 0 Å². The molecule has 1 aromatic heterocycles. The molecule has 1 heterocycles. The zero-order chi connectivity index (χ0) is 11.6. The average molecular weight is 348 g/mol. The first kappa shape index (κ1) is 12.5. The van der Waals surface area contributed by atoms with Crippen LogP contribution in [0.15, 0.2) is 6.20 Å². The van der Waals surface area contributed by atoms with Crippen LogP contribution in [0.3, 0.4) is 0 Å². The number of alkyl halides is 3. The molecule has 0 fully saturated rings. The maximum atomic E-state index is 12.6. The van der Waals surface area contributed by atoms with Gasteiger partial charge in [-0.15, -0.1) is 11.6 Å². The van der Waals surface area contributed by atoms with Crippen LogP contribution < -0.4 is 0 Å². The van der Waals surface area contributed by atoms with E-state index in [1.165, 1.54) is 0 Å². The number of nitro groups is 1. The molecule has 0 aromatic carbocycles. The van der Waals surface area contributed by atoms with Crippen LogP contribution in [-0.4, -0.2) is 9.91 Å². The molecule has 4 nitrogen and oxygen atoms in total. The summed E-state index contributed by atoms with van der Waals surface area (Å²) in [6, 6.07) is 0. The molecule has 1 rings (SSSR count). The number of halogens is 4. The first-order valence-corrected chi connectivity index (χ1v) is 5.26. The maximum absolute atomic E-state index is 12.6. The lowest BCUT2D eigenvalue weighted by molar-refractivity contribution is -0.391. The van der Waals surface area contributed by atoms with E-state index in [0.29, 0.717) is 5.56 Å². The largest absolute Gasteiger partial charge is 0.373 e. The smallest absolute Gasteiger partial charge is 0.358 e. The number of hydrogen-bond donors (Lipinski definition) is 0. The third-order valence-electron chi connectivity index (χ3n) is 1.64. The summed E-state index contributed by atoms with van der Waals surface area (Å²) in [5.41, 5.74) is -0.308. The third kappa shape index (κ3) is 2.51. The summed E-state index contributed by atoms with van der Waals surface area (Å²) >= 11 is 7.09. The summed E-state index contributed by atoms with van der Waals surface area (Å²) in [6.45, 7) is 0. The van der Waals surface area contributed by atoms with Crippen molar-refractivity contribution >= 4 is 40.0 Å². The van der Waals surface area contributed by atoms with Crippen LogP contribution in [0.4, 0.5) is 14.6 Å². The summed E-state index contributed by atoms with van der Waals surface area (Å²) < 4.78 is 25.2. The Morgan fingerprint density at radius 2 is 2.27 bits per heavy atom. The van der Waals surface area contributed by atoms with Gasteiger partial charge in [-0.2, -0.15) is 0 Å². The van der Waals surface area contributed by atoms with E-state index in [2.05, 4.69) is 4.98 Å². The van der Waals surface area contributed by atoms with E-state index in [1.807, 2.05) is 0 Å². The molecule has 0 bridgehead atoms. The Balaban J connectivity index is 3.44. The zero-order valence-electron chi connectivity index (χ0n) is 7.08. The molecule has 0 radical (unpaired) electrons. The van der Waals surface area contributed by atoms with Gasteiger partial charge in [-0.25, -0.2) is 8.78 Å². The fourth-order valence-corrected chi connectivity index (χ4v) is 2.20. The highest BCUT2D eigenvalue weighted by molar-refractivity contribution is 14.1. The monoisotopic (exact) mass is 348 g/mol. The molecule has 15 heavy (non-hydrogen) atoms. The lowest BCUT2D eigenvalue weighted by Crippen LogP contribution is -2.04. The molecule has 0 saturated carbocycles. The second kappa shape index (κ2) is 4.97. The zero-order valence-corrected chi connectivity index (χ0v) is 10.00. The molecular formula is C7H4ClF2IN2O2. The van der Waals surface area contributed by atoms with Gasteiger partial charge in [-0.1, -0.05) is 0 Å². The SMILES string of the molecule is O=[N+]([O-])c1ncc(CCl)c(I)c1C(F)F. The molecule has 0 atom stereocenters. The van der Waals surface area contributed by atoms with Crippen LogP contribution in [-0.2, 0) is 5.88 Å². The number of aromatic nitrogens is 1. The van der Waals surface area contributed by atoms with Gasteiger partial charge in [0.25, 0.3) is 6.43 Å². The van der Waals surface area contributed by atoms with Crippen LogP contribution in [0.1, 0.15) is 17.6 Å². The van der Waals surface area contributed by atoms with Crippen LogP contribution in [0, 0.1) is 13.7 Å². The van der Waals surface area contributed by atoms with Crippen LogP contribution in [0.2, 0.25) is 0 Å². The van der Waals surface area contributed by atoms with E-state index in [0.717, 1.165) is 6.20 Å². The first-order chi connectivity index (χ1) is 6.99. The van der Waals surface area contributed by atoms with Gasteiger partial charge in [-0.3, -0.25) is 0 Å². The minimum Gasteiger partial charge on any atom is -0.358 e. The molecule has 1 aromatic rings. The summed E-state index contributed by atoms with van der Waals surface area (Å²) in [7, 11) is 0.